The fraction of sp³-hybridized carbons (Fsp3) is 0.308. The minimum absolute atomic E-state index is 0.263. The van der Waals surface area contributed by atoms with Crippen LogP contribution in [0.25, 0.3) is 0 Å². The quantitative estimate of drug-likeness (QED) is 0.872. The van der Waals surface area contributed by atoms with E-state index in [4.69, 9.17) is 5.11 Å². The van der Waals surface area contributed by atoms with Gasteiger partial charge in [-0.2, -0.15) is 0 Å². The molecular formula is C13H15FN2O4. The van der Waals surface area contributed by atoms with Crippen LogP contribution in [0.1, 0.15) is 24.2 Å². The van der Waals surface area contributed by atoms with Crippen molar-refractivity contribution in [3.05, 3.63) is 29.6 Å². The zero-order valence-corrected chi connectivity index (χ0v) is 11.3. The van der Waals surface area contributed by atoms with Gasteiger partial charge in [-0.1, -0.05) is 0 Å². The lowest BCUT2D eigenvalue weighted by molar-refractivity contribution is -0.141. The number of aliphatic carboxylic acids is 1. The molecule has 1 aromatic rings. The molecule has 0 saturated carbocycles. The number of hydrogen-bond acceptors (Lipinski definition) is 3. The van der Waals surface area contributed by atoms with Gasteiger partial charge in [0.1, 0.15) is 11.9 Å². The van der Waals surface area contributed by atoms with Crippen molar-refractivity contribution in [2.45, 2.75) is 19.9 Å². The number of carboxylic acids is 1. The summed E-state index contributed by atoms with van der Waals surface area (Å²) in [5.41, 5.74) is -0.0366. The Hall–Kier alpha value is -2.44. The Kier molecular flexibility index (Phi) is 4.79. The summed E-state index contributed by atoms with van der Waals surface area (Å²) in [7, 11) is 1.27. The van der Waals surface area contributed by atoms with Crippen molar-refractivity contribution >= 4 is 23.5 Å². The molecule has 0 fully saturated rings. The fourth-order valence-electron chi connectivity index (χ4n) is 1.50. The molecule has 2 amide bonds. The van der Waals surface area contributed by atoms with Crippen LogP contribution in [0, 0.1) is 5.82 Å². The first-order chi connectivity index (χ1) is 9.23. The first-order valence-electron chi connectivity index (χ1n) is 5.81. The van der Waals surface area contributed by atoms with E-state index in [9.17, 15) is 18.8 Å². The highest BCUT2D eigenvalue weighted by molar-refractivity contribution is 5.98. The molecule has 2 N–H and O–H groups in total. The summed E-state index contributed by atoms with van der Waals surface area (Å²) in [6.07, 6.45) is 0. The van der Waals surface area contributed by atoms with Gasteiger partial charge in [0, 0.05) is 19.7 Å². The average molecular weight is 282 g/mol. The Morgan fingerprint density at radius 3 is 2.45 bits per heavy atom. The summed E-state index contributed by atoms with van der Waals surface area (Å²) >= 11 is 0. The number of hydrogen-bond donors (Lipinski definition) is 2. The van der Waals surface area contributed by atoms with Crippen LogP contribution in [0.3, 0.4) is 0 Å². The molecule has 20 heavy (non-hydrogen) atoms. The molecular weight excluding hydrogens is 267 g/mol. The number of rotatable bonds is 4. The lowest BCUT2D eigenvalue weighted by atomic mass is 10.1. The third-order valence-corrected chi connectivity index (χ3v) is 2.78. The van der Waals surface area contributed by atoms with Gasteiger partial charge in [0.15, 0.2) is 0 Å². The van der Waals surface area contributed by atoms with E-state index in [2.05, 4.69) is 5.32 Å². The van der Waals surface area contributed by atoms with E-state index in [1.54, 1.807) is 0 Å². The molecule has 0 saturated heterocycles. The predicted molar refractivity (Wildman–Crippen MR) is 69.9 cm³/mol. The molecule has 1 aromatic carbocycles. The number of nitrogens with zero attached hydrogens (tertiary/aromatic N) is 1. The molecule has 0 aliphatic rings. The number of benzene rings is 1. The Balaban J connectivity index is 3.08. The second kappa shape index (κ2) is 6.14. The van der Waals surface area contributed by atoms with Crippen molar-refractivity contribution < 1.29 is 23.9 Å². The third kappa shape index (κ3) is 3.53. The number of anilines is 1. The van der Waals surface area contributed by atoms with Crippen LogP contribution >= 0.6 is 0 Å². The monoisotopic (exact) mass is 282 g/mol. The summed E-state index contributed by atoms with van der Waals surface area (Å²) in [5, 5.41) is 11.3. The highest BCUT2D eigenvalue weighted by Gasteiger charge is 2.25. The molecule has 0 spiro atoms. The second-order valence-electron chi connectivity index (χ2n) is 4.31. The zero-order chi connectivity index (χ0) is 15.4. The number of halogens is 1. The normalized spacial score (nSPS) is 11.6. The Morgan fingerprint density at radius 1 is 1.35 bits per heavy atom. The van der Waals surface area contributed by atoms with E-state index in [1.165, 1.54) is 33.0 Å². The predicted octanol–water partition coefficient (Wildman–Crippen LogP) is 1.33. The van der Waals surface area contributed by atoms with Gasteiger partial charge in [-0.05, 0) is 25.1 Å². The summed E-state index contributed by atoms with van der Waals surface area (Å²) in [6.45, 7) is 2.60. The average Bonchev–Trinajstić information content (AvgIpc) is 2.37. The van der Waals surface area contributed by atoms with Crippen molar-refractivity contribution in [1.29, 1.82) is 0 Å². The van der Waals surface area contributed by atoms with Crippen molar-refractivity contribution in [3.8, 4) is 0 Å². The van der Waals surface area contributed by atoms with Gasteiger partial charge < -0.3 is 15.3 Å². The van der Waals surface area contributed by atoms with Gasteiger partial charge in [-0.15, -0.1) is 0 Å². The van der Waals surface area contributed by atoms with Crippen molar-refractivity contribution in [2.24, 2.45) is 0 Å². The van der Waals surface area contributed by atoms with Gasteiger partial charge >= 0.3 is 5.97 Å². The Labute approximate surface area is 115 Å². The van der Waals surface area contributed by atoms with E-state index in [0.717, 1.165) is 11.0 Å². The van der Waals surface area contributed by atoms with E-state index in [-0.39, 0.29) is 17.2 Å². The van der Waals surface area contributed by atoms with E-state index in [0.29, 0.717) is 0 Å². The summed E-state index contributed by atoms with van der Waals surface area (Å²) in [6, 6.07) is 2.43. The number of likely N-dealkylation sites (N-methyl/N-ethyl adjacent to an activating group) is 1. The summed E-state index contributed by atoms with van der Waals surface area (Å²) in [4.78, 5) is 34.7. The standard InChI is InChI=1S/C13H15FN2O4/c1-7(13(19)20)16(3)12(18)10-6-9(15-8(2)17)4-5-11(10)14/h4-7H,1-3H3,(H,15,17)(H,19,20). The van der Waals surface area contributed by atoms with E-state index < -0.39 is 23.7 Å². The fourth-order valence-corrected chi connectivity index (χ4v) is 1.50. The zero-order valence-electron chi connectivity index (χ0n) is 11.3. The molecule has 108 valence electrons. The molecule has 0 aliphatic carbocycles. The van der Waals surface area contributed by atoms with Crippen LogP contribution in [-0.2, 0) is 9.59 Å². The smallest absolute Gasteiger partial charge is 0.326 e. The lowest BCUT2D eigenvalue weighted by Gasteiger charge is -2.22. The maximum atomic E-state index is 13.7. The van der Waals surface area contributed by atoms with Crippen molar-refractivity contribution in [2.75, 3.05) is 12.4 Å². The van der Waals surface area contributed by atoms with Gasteiger partial charge in [0.25, 0.3) is 5.91 Å². The van der Waals surface area contributed by atoms with Crippen LogP contribution in [0.2, 0.25) is 0 Å². The lowest BCUT2D eigenvalue weighted by Crippen LogP contribution is -2.40. The maximum Gasteiger partial charge on any atom is 0.326 e. The molecule has 0 aromatic heterocycles. The van der Waals surface area contributed by atoms with Crippen molar-refractivity contribution in [3.63, 3.8) is 0 Å². The number of carboxylic acid groups (broad SMARTS) is 1. The van der Waals surface area contributed by atoms with Crippen LogP contribution in [0.5, 0.6) is 0 Å². The molecule has 0 aliphatic heterocycles. The number of amides is 2. The first kappa shape index (κ1) is 15.6. The number of nitrogens with one attached hydrogen (secondary N) is 1. The minimum atomic E-state index is -1.20. The van der Waals surface area contributed by atoms with E-state index in [1.807, 2.05) is 0 Å². The Morgan fingerprint density at radius 2 is 1.95 bits per heavy atom. The maximum absolute atomic E-state index is 13.7. The molecule has 7 heteroatoms. The summed E-state index contributed by atoms with van der Waals surface area (Å²) < 4.78 is 13.7. The van der Waals surface area contributed by atoms with Crippen LogP contribution in [-0.4, -0.2) is 40.9 Å². The third-order valence-electron chi connectivity index (χ3n) is 2.78. The molecule has 1 atom stereocenters. The summed E-state index contributed by atoms with van der Waals surface area (Å²) in [5.74, 6) is -3.11. The number of carbonyl (C=O) groups is 3. The molecule has 0 bridgehead atoms. The highest BCUT2D eigenvalue weighted by atomic mass is 19.1. The SMILES string of the molecule is CC(=O)Nc1ccc(F)c(C(=O)N(C)C(C)C(=O)O)c1. The topological polar surface area (TPSA) is 86.7 Å². The molecule has 1 rings (SSSR count). The number of carbonyl (C=O) groups excluding carboxylic acids is 2. The molecule has 0 heterocycles. The molecule has 0 radical (unpaired) electrons. The largest absolute Gasteiger partial charge is 0.480 e. The van der Waals surface area contributed by atoms with E-state index >= 15 is 0 Å². The van der Waals surface area contributed by atoms with Gasteiger partial charge in [0.2, 0.25) is 5.91 Å². The highest BCUT2D eigenvalue weighted by Crippen LogP contribution is 2.17. The van der Waals surface area contributed by atoms with Crippen LogP contribution < -0.4 is 5.32 Å². The van der Waals surface area contributed by atoms with Crippen LogP contribution in [0.15, 0.2) is 18.2 Å². The van der Waals surface area contributed by atoms with Crippen LogP contribution in [0.4, 0.5) is 10.1 Å². The van der Waals surface area contributed by atoms with Crippen molar-refractivity contribution in [1.82, 2.24) is 4.90 Å². The van der Waals surface area contributed by atoms with Gasteiger partial charge in [-0.3, -0.25) is 9.59 Å². The van der Waals surface area contributed by atoms with Gasteiger partial charge in [-0.25, -0.2) is 9.18 Å². The first-order valence-corrected chi connectivity index (χ1v) is 5.81. The van der Waals surface area contributed by atoms with Gasteiger partial charge in [0.05, 0.1) is 5.56 Å². The Bertz CT molecular complexity index is 559. The molecule has 6 nitrogen and oxygen atoms in total. The molecule has 1 unspecified atom stereocenters. The second-order valence-corrected chi connectivity index (χ2v) is 4.31. The minimum Gasteiger partial charge on any atom is -0.480 e.